The second-order valence-corrected chi connectivity index (χ2v) is 5.76. The zero-order valence-corrected chi connectivity index (χ0v) is 13.8. The number of nitrogens with zero attached hydrogens (tertiary/aromatic N) is 5. The lowest BCUT2D eigenvalue weighted by molar-refractivity contribution is -0.486. The minimum atomic E-state index is -0.793. The zero-order chi connectivity index (χ0) is 17.8. The van der Waals surface area contributed by atoms with Gasteiger partial charge in [-0.05, 0) is 23.8 Å². The van der Waals surface area contributed by atoms with Crippen LogP contribution >= 0.6 is 11.6 Å². The second kappa shape index (κ2) is 7.27. The van der Waals surface area contributed by atoms with Crippen LogP contribution in [0.2, 0.25) is 5.15 Å². The van der Waals surface area contributed by atoms with E-state index in [0.717, 1.165) is 5.56 Å². The number of benzene rings is 1. The van der Waals surface area contributed by atoms with Gasteiger partial charge in [0.1, 0.15) is 10.3 Å². The minimum absolute atomic E-state index is 0.0220. The monoisotopic (exact) mass is 359 g/mol. The molecule has 0 saturated carbocycles. The van der Waals surface area contributed by atoms with Gasteiger partial charge in [-0.2, -0.15) is 0 Å². The summed E-state index contributed by atoms with van der Waals surface area (Å²) in [5.41, 5.74) is 1.27. The van der Waals surface area contributed by atoms with Crippen molar-refractivity contribution in [2.45, 2.75) is 6.54 Å². The number of hydrogen-bond acceptors (Lipinski definition) is 4. The molecule has 1 saturated heterocycles. The number of carbonyl (C=O) groups excluding carboxylic acids is 1. The number of pyridine rings is 1. The van der Waals surface area contributed by atoms with E-state index in [-0.39, 0.29) is 11.9 Å². The van der Waals surface area contributed by atoms with Crippen LogP contribution in [-0.2, 0) is 6.54 Å². The van der Waals surface area contributed by atoms with Crippen LogP contribution in [0.1, 0.15) is 15.9 Å². The summed E-state index contributed by atoms with van der Waals surface area (Å²) in [5, 5.41) is 13.9. The smallest absolute Gasteiger partial charge is 0.281 e. The summed E-state index contributed by atoms with van der Waals surface area (Å²) in [4.78, 5) is 30.6. The van der Waals surface area contributed by atoms with Gasteiger partial charge in [-0.3, -0.25) is 9.69 Å². The average Bonchev–Trinajstić information content (AvgIpc) is 2.99. The quantitative estimate of drug-likeness (QED) is 0.474. The molecule has 2 aromatic rings. The van der Waals surface area contributed by atoms with E-state index in [9.17, 15) is 14.9 Å². The Labute approximate surface area is 148 Å². The van der Waals surface area contributed by atoms with E-state index in [4.69, 9.17) is 11.6 Å². The zero-order valence-electron chi connectivity index (χ0n) is 13.1. The molecule has 2 heterocycles. The normalized spacial score (nSPS) is 15.6. The van der Waals surface area contributed by atoms with Gasteiger partial charge in [-0.1, -0.05) is 35.9 Å². The Morgan fingerprint density at radius 3 is 2.64 bits per heavy atom. The number of aromatic nitrogens is 1. The molecule has 1 aromatic heterocycles. The molecule has 25 heavy (non-hydrogen) atoms. The van der Waals surface area contributed by atoms with Gasteiger partial charge < -0.3 is 4.90 Å². The van der Waals surface area contributed by atoms with E-state index in [1.807, 2.05) is 0 Å². The van der Waals surface area contributed by atoms with E-state index >= 15 is 0 Å². The summed E-state index contributed by atoms with van der Waals surface area (Å²) in [7, 11) is 0. The van der Waals surface area contributed by atoms with Crippen molar-refractivity contribution in [3.05, 3.63) is 75.1 Å². The highest BCUT2D eigenvalue weighted by Crippen LogP contribution is 2.17. The number of rotatable bonds is 4. The van der Waals surface area contributed by atoms with Crippen LogP contribution in [0.25, 0.3) is 0 Å². The predicted molar refractivity (Wildman–Crippen MR) is 91.6 cm³/mol. The molecule has 8 nitrogen and oxygen atoms in total. The number of nitro groups is 1. The predicted octanol–water partition coefficient (Wildman–Crippen LogP) is 2.24. The van der Waals surface area contributed by atoms with E-state index in [2.05, 4.69) is 10.1 Å². The summed E-state index contributed by atoms with van der Waals surface area (Å²) in [6.45, 7) is 1.10. The highest BCUT2D eigenvalue weighted by Gasteiger charge is 2.34. The van der Waals surface area contributed by atoms with Gasteiger partial charge >= 0.3 is 0 Å². The van der Waals surface area contributed by atoms with Crippen molar-refractivity contribution in [1.29, 1.82) is 0 Å². The van der Waals surface area contributed by atoms with Crippen LogP contribution < -0.4 is 0 Å². The first-order valence-electron chi connectivity index (χ1n) is 7.50. The summed E-state index contributed by atoms with van der Waals surface area (Å²) in [6.07, 6.45) is 1.59. The molecule has 0 bridgehead atoms. The Kier molecular flexibility index (Phi) is 4.90. The summed E-state index contributed by atoms with van der Waals surface area (Å²) in [6, 6.07) is 12.0. The fraction of sp³-hybridized carbons (Fsp3) is 0.188. The van der Waals surface area contributed by atoms with Gasteiger partial charge in [-0.15, -0.1) is 0 Å². The lowest BCUT2D eigenvalue weighted by atomic mass is 10.2. The van der Waals surface area contributed by atoms with Gasteiger partial charge in [0.25, 0.3) is 11.9 Å². The highest BCUT2D eigenvalue weighted by atomic mass is 35.5. The largest absolute Gasteiger partial charge is 0.331 e. The summed E-state index contributed by atoms with van der Waals surface area (Å²) >= 11 is 5.77. The van der Waals surface area contributed by atoms with E-state index in [1.54, 1.807) is 53.6 Å². The Morgan fingerprint density at radius 1 is 1.24 bits per heavy atom. The molecule has 9 heteroatoms. The van der Waals surface area contributed by atoms with Crippen molar-refractivity contribution >= 4 is 23.5 Å². The number of amides is 1. The number of halogens is 1. The molecule has 1 aliphatic rings. The van der Waals surface area contributed by atoms with Gasteiger partial charge in [0.15, 0.2) is 5.03 Å². The standard InChI is InChI=1S/C16H14ClN5O3/c17-14-7-6-12(10-18-14)11-20-8-9-21(16(20)19-22(24)25)15(23)13-4-2-1-3-5-13/h1-7,10H,8-9,11H2. The first-order valence-corrected chi connectivity index (χ1v) is 7.87. The molecule has 128 valence electrons. The van der Waals surface area contributed by atoms with Crippen LogP contribution in [0, 0.1) is 10.1 Å². The fourth-order valence-electron chi connectivity index (χ4n) is 2.58. The maximum atomic E-state index is 12.6. The molecule has 0 aliphatic carbocycles. The molecule has 0 N–H and O–H groups in total. The number of guanidine groups is 1. The van der Waals surface area contributed by atoms with Crippen molar-refractivity contribution in [1.82, 2.24) is 14.8 Å². The molecule has 1 aromatic carbocycles. The molecule has 0 radical (unpaired) electrons. The summed E-state index contributed by atoms with van der Waals surface area (Å²) < 4.78 is 0. The number of carbonyl (C=O) groups is 1. The lowest BCUT2D eigenvalue weighted by Gasteiger charge is -2.19. The molecule has 0 spiro atoms. The van der Waals surface area contributed by atoms with Gasteiger partial charge in [-0.25, -0.2) is 15.1 Å². The van der Waals surface area contributed by atoms with E-state index < -0.39 is 5.03 Å². The van der Waals surface area contributed by atoms with Crippen LogP contribution in [-0.4, -0.2) is 44.8 Å². The van der Waals surface area contributed by atoms with Crippen LogP contribution in [0.3, 0.4) is 0 Å². The highest BCUT2D eigenvalue weighted by molar-refractivity contribution is 6.29. The molecular formula is C16H14ClN5O3. The Hall–Kier alpha value is -3.00. The van der Waals surface area contributed by atoms with Gasteiger partial charge in [0, 0.05) is 31.4 Å². The van der Waals surface area contributed by atoms with Crippen molar-refractivity contribution in [2.75, 3.05) is 13.1 Å². The third kappa shape index (κ3) is 3.92. The number of hydrazone groups is 1. The Morgan fingerprint density at radius 2 is 2.00 bits per heavy atom. The molecule has 1 fully saturated rings. The number of hydrogen-bond donors (Lipinski definition) is 0. The molecule has 0 unspecified atom stereocenters. The minimum Gasteiger partial charge on any atom is -0.331 e. The van der Waals surface area contributed by atoms with Crippen LogP contribution in [0.5, 0.6) is 0 Å². The van der Waals surface area contributed by atoms with E-state index in [1.165, 1.54) is 4.90 Å². The van der Waals surface area contributed by atoms with Crippen molar-refractivity contribution < 1.29 is 9.83 Å². The van der Waals surface area contributed by atoms with Crippen molar-refractivity contribution in [3.63, 3.8) is 0 Å². The van der Waals surface area contributed by atoms with Crippen molar-refractivity contribution in [3.8, 4) is 0 Å². The molecule has 1 aliphatic heterocycles. The van der Waals surface area contributed by atoms with Crippen LogP contribution in [0.4, 0.5) is 0 Å². The SMILES string of the molecule is O=C(c1ccccc1)N1CCN(Cc2ccc(Cl)nc2)C1=N[N+](=O)[O-]. The lowest BCUT2D eigenvalue weighted by Crippen LogP contribution is -2.38. The molecule has 1 amide bonds. The van der Waals surface area contributed by atoms with Crippen molar-refractivity contribution in [2.24, 2.45) is 5.10 Å². The topological polar surface area (TPSA) is 91.9 Å². The molecule has 0 atom stereocenters. The fourth-order valence-corrected chi connectivity index (χ4v) is 2.69. The average molecular weight is 360 g/mol. The third-order valence-electron chi connectivity index (χ3n) is 3.72. The Bertz CT molecular complexity index is 810. The third-order valence-corrected chi connectivity index (χ3v) is 3.94. The maximum Gasteiger partial charge on any atom is 0.281 e. The summed E-state index contributed by atoms with van der Waals surface area (Å²) in [5.74, 6) is -0.299. The molecular weight excluding hydrogens is 346 g/mol. The maximum absolute atomic E-state index is 12.6. The van der Waals surface area contributed by atoms with Crippen LogP contribution in [0.15, 0.2) is 53.8 Å². The molecule has 3 rings (SSSR count). The first-order chi connectivity index (χ1) is 12.0. The van der Waals surface area contributed by atoms with Gasteiger partial charge in [0.2, 0.25) is 0 Å². The van der Waals surface area contributed by atoms with E-state index in [0.29, 0.717) is 30.4 Å². The van der Waals surface area contributed by atoms with Gasteiger partial charge in [0.05, 0.1) is 0 Å². The second-order valence-electron chi connectivity index (χ2n) is 5.37. The Balaban J connectivity index is 1.84. The first kappa shape index (κ1) is 16.8.